The number of likely N-dealkylation sites (tertiary alicyclic amines) is 1. The normalized spacial score (nSPS) is 19.1. The van der Waals surface area contributed by atoms with Crippen molar-refractivity contribution in [3.63, 3.8) is 0 Å². The van der Waals surface area contributed by atoms with Gasteiger partial charge in [-0.3, -0.25) is 0 Å². The maximum atomic E-state index is 8.14. The zero-order valence-electron chi connectivity index (χ0n) is 9.76. The van der Waals surface area contributed by atoms with Crippen molar-refractivity contribution in [1.82, 2.24) is 9.80 Å². The molecule has 5 heteroatoms. The number of piperidine rings is 1. The summed E-state index contributed by atoms with van der Waals surface area (Å²) in [5.41, 5.74) is 8.14. The zero-order chi connectivity index (χ0) is 11.1. The fourth-order valence-corrected chi connectivity index (χ4v) is 2.07. The van der Waals surface area contributed by atoms with Crippen molar-refractivity contribution in [3.8, 4) is 0 Å². The van der Waals surface area contributed by atoms with Crippen LogP contribution in [0.25, 0.3) is 10.4 Å². The number of hydrogen-bond acceptors (Lipinski definition) is 3. The van der Waals surface area contributed by atoms with E-state index in [-0.39, 0.29) is 0 Å². The molecule has 1 rings (SSSR count). The monoisotopic (exact) mass is 211 g/mol. The van der Waals surface area contributed by atoms with Crippen LogP contribution in [0.3, 0.4) is 0 Å². The number of azide groups is 1. The van der Waals surface area contributed by atoms with Crippen molar-refractivity contribution >= 4 is 0 Å². The molecule has 15 heavy (non-hydrogen) atoms. The Bertz CT molecular complexity index is 214. The molecular weight excluding hydrogens is 190 g/mol. The molecule has 0 aromatic heterocycles. The topological polar surface area (TPSA) is 55.2 Å². The van der Waals surface area contributed by atoms with E-state index >= 15 is 0 Å². The molecule has 0 saturated carbocycles. The van der Waals surface area contributed by atoms with Gasteiger partial charge in [0, 0.05) is 17.5 Å². The minimum atomic E-state index is 0.629. The first-order valence-electron chi connectivity index (χ1n) is 5.63. The number of rotatable bonds is 5. The van der Waals surface area contributed by atoms with E-state index in [9.17, 15) is 0 Å². The third-order valence-corrected chi connectivity index (χ3v) is 3.08. The van der Waals surface area contributed by atoms with Crippen LogP contribution < -0.4 is 0 Å². The summed E-state index contributed by atoms with van der Waals surface area (Å²) >= 11 is 0. The molecule has 0 aromatic rings. The van der Waals surface area contributed by atoms with E-state index in [0.29, 0.717) is 6.54 Å². The van der Waals surface area contributed by atoms with E-state index in [1.54, 1.807) is 0 Å². The van der Waals surface area contributed by atoms with Gasteiger partial charge in [-0.1, -0.05) is 5.11 Å². The minimum Gasteiger partial charge on any atom is -0.306 e. The molecule has 0 N–H and O–H groups in total. The van der Waals surface area contributed by atoms with Crippen molar-refractivity contribution in [2.75, 3.05) is 40.3 Å². The summed E-state index contributed by atoms with van der Waals surface area (Å²) in [5, 5.41) is 3.55. The Kier molecular flexibility index (Phi) is 5.47. The second-order valence-electron chi connectivity index (χ2n) is 4.34. The molecule has 0 aliphatic carbocycles. The van der Waals surface area contributed by atoms with Crippen molar-refractivity contribution in [1.29, 1.82) is 0 Å². The van der Waals surface area contributed by atoms with Crippen molar-refractivity contribution in [2.24, 2.45) is 5.11 Å². The highest BCUT2D eigenvalue weighted by Crippen LogP contribution is 2.13. The van der Waals surface area contributed by atoms with E-state index in [1.807, 2.05) is 0 Å². The fraction of sp³-hybridized carbons (Fsp3) is 1.00. The van der Waals surface area contributed by atoms with Gasteiger partial charge >= 0.3 is 0 Å². The van der Waals surface area contributed by atoms with Gasteiger partial charge in [-0.2, -0.15) is 0 Å². The molecule has 0 spiro atoms. The molecule has 0 atom stereocenters. The molecule has 86 valence electrons. The van der Waals surface area contributed by atoms with Gasteiger partial charge < -0.3 is 9.80 Å². The van der Waals surface area contributed by atoms with Crippen LogP contribution in [-0.4, -0.2) is 56.1 Å². The van der Waals surface area contributed by atoms with Crippen LogP contribution in [0.2, 0.25) is 0 Å². The van der Waals surface area contributed by atoms with Gasteiger partial charge in [-0.25, -0.2) is 0 Å². The highest BCUT2D eigenvalue weighted by molar-refractivity contribution is 4.76. The average molecular weight is 211 g/mol. The molecule has 0 amide bonds. The molecule has 0 bridgehead atoms. The van der Waals surface area contributed by atoms with Gasteiger partial charge in [0.2, 0.25) is 0 Å². The number of nitrogens with zero attached hydrogens (tertiary/aromatic N) is 5. The molecule has 1 heterocycles. The first-order valence-corrected chi connectivity index (χ1v) is 5.63. The Morgan fingerprint density at radius 1 is 1.40 bits per heavy atom. The van der Waals surface area contributed by atoms with Crippen molar-refractivity contribution < 1.29 is 0 Å². The first kappa shape index (κ1) is 12.3. The lowest BCUT2D eigenvalue weighted by molar-refractivity contribution is 0.144. The van der Waals surface area contributed by atoms with Crippen LogP contribution in [0, 0.1) is 0 Å². The summed E-state index contributed by atoms with van der Waals surface area (Å²) in [6.45, 7) is 4.06. The Hall–Kier alpha value is -0.770. The predicted molar refractivity (Wildman–Crippen MR) is 61.8 cm³/mol. The molecule has 5 nitrogen and oxygen atoms in total. The first-order chi connectivity index (χ1) is 7.24. The molecule has 1 aliphatic heterocycles. The van der Waals surface area contributed by atoms with Crippen LogP contribution >= 0.6 is 0 Å². The quantitative estimate of drug-likeness (QED) is 0.301. The van der Waals surface area contributed by atoms with Gasteiger partial charge in [0.25, 0.3) is 0 Å². The zero-order valence-corrected chi connectivity index (χ0v) is 9.76. The highest BCUT2D eigenvalue weighted by atomic mass is 15.2. The molecule has 1 fully saturated rings. The maximum Gasteiger partial charge on any atom is 0.0270 e. The highest BCUT2D eigenvalue weighted by Gasteiger charge is 2.19. The SMILES string of the molecule is CN(C)C1CCN(CCCN=[N+]=[N-])CC1. The smallest absolute Gasteiger partial charge is 0.0270 e. The van der Waals surface area contributed by atoms with Gasteiger partial charge in [-0.05, 0) is 58.5 Å². The van der Waals surface area contributed by atoms with Crippen molar-refractivity contribution in [2.45, 2.75) is 25.3 Å². The largest absolute Gasteiger partial charge is 0.306 e. The predicted octanol–water partition coefficient (Wildman–Crippen LogP) is 1.71. The average Bonchev–Trinajstić information content (AvgIpc) is 2.25. The third kappa shape index (κ3) is 4.51. The second-order valence-corrected chi connectivity index (χ2v) is 4.34. The maximum absolute atomic E-state index is 8.14. The summed E-state index contributed by atoms with van der Waals surface area (Å²) in [6.07, 6.45) is 3.50. The lowest BCUT2D eigenvalue weighted by Crippen LogP contribution is -2.42. The summed E-state index contributed by atoms with van der Waals surface area (Å²) < 4.78 is 0. The van der Waals surface area contributed by atoms with E-state index in [0.717, 1.165) is 19.0 Å². The van der Waals surface area contributed by atoms with Gasteiger partial charge in [0.1, 0.15) is 0 Å². The fourth-order valence-electron chi connectivity index (χ4n) is 2.07. The Balaban J connectivity index is 2.12. The van der Waals surface area contributed by atoms with Crippen LogP contribution in [-0.2, 0) is 0 Å². The Morgan fingerprint density at radius 3 is 2.60 bits per heavy atom. The van der Waals surface area contributed by atoms with Gasteiger partial charge in [0.05, 0.1) is 0 Å². The lowest BCUT2D eigenvalue weighted by Gasteiger charge is -2.35. The summed E-state index contributed by atoms with van der Waals surface area (Å²) in [6, 6.07) is 0.748. The van der Waals surface area contributed by atoms with Crippen molar-refractivity contribution in [3.05, 3.63) is 10.4 Å². The number of hydrogen-bond donors (Lipinski definition) is 0. The minimum absolute atomic E-state index is 0.629. The van der Waals surface area contributed by atoms with E-state index in [2.05, 4.69) is 33.9 Å². The van der Waals surface area contributed by atoms with Crippen LogP contribution in [0.5, 0.6) is 0 Å². The van der Waals surface area contributed by atoms with Gasteiger partial charge in [-0.15, -0.1) is 0 Å². The van der Waals surface area contributed by atoms with Crippen LogP contribution in [0.1, 0.15) is 19.3 Å². The Labute approximate surface area is 91.7 Å². The second kappa shape index (κ2) is 6.67. The molecule has 0 unspecified atom stereocenters. The summed E-state index contributed by atoms with van der Waals surface area (Å²) in [5.74, 6) is 0. The summed E-state index contributed by atoms with van der Waals surface area (Å²) in [7, 11) is 4.31. The Morgan fingerprint density at radius 2 is 2.07 bits per heavy atom. The van der Waals surface area contributed by atoms with Crippen LogP contribution in [0.4, 0.5) is 0 Å². The molecule has 1 saturated heterocycles. The molecule has 0 radical (unpaired) electrons. The lowest BCUT2D eigenvalue weighted by atomic mass is 10.0. The van der Waals surface area contributed by atoms with Gasteiger partial charge in [0.15, 0.2) is 0 Å². The standard InChI is InChI=1S/C10H21N5/c1-14(2)10-4-8-15(9-5-10)7-3-6-12-13-11/h10H,3-9H2,1-2H3. The molecular formula is C10H21N5. The van der Waals surface area contributed by atoms with E-state index < -0.39 is 0 Å². The van der Waals surface area contributed by atoms with E-state index in [1.165, 1.54) is 25.9 Å². The third-order valence-electron chi connectivity index (χ3n) is 3.08. The van der Waals surface area contributed by atoms with Crippen LogP contribution in [0.15, 0.2) is 5.11 Å². The molecule has 0 aromatic carbocycles. The summed E-state index contributed by atoms with van der Waals surface area (Å²) in [4.78, 5) is 7.54. The van der Waals surface area contributed by atoms with E-state index in [4.69, 9.17) is 5.53 Å². The molecule has 1 aliphatic rings.